The summed E-state index contributed by atoms with van der Waals surface area (Å²) in [5, 5.41) is 22.4. The molecule has 1 amide bonds. The van der Waals surface area contributed by atoms with Gasteiger partial charge in [0, 0.05) is 29.1 Å². The van der Waals surface area contributed by atoms with Gasteiger partial charge in [-0.3, -0.25) is 19.5 Å². The van der Waals surface area contributed by atoms with Crippen molar-refractivity contribution in [2.24, 2.45) is 0 Å². The molecule has 1 N–H and O–H groups in total. The summed E-state index contributed by atoms with van der Waals surface area (Å²) in [4.78, 5) is 22.9. The number of thioether (sulfide) groups is 1. The number of amides is 1. The number of carbonyl (C=O) groups is 1. The smallest absolute Gasteiger partial charge is 0.269 e. The van der Waals surface area contributed by atoms with Crippen molar-refractivity contribution in [3.63, 3.8) is 0 Å². The van der Waals surface area contributed by atoms with E-state index in [1.54, 1.807) is 35.8 Å². The topological polar surface area (TPSA) is 103 Å². The zero-order chi connectivity index (χ0) is 24.2. The predicted molar refractivity (Wildman–Crippen MR) is 124 cm³/mol. The molecule has 0 bridgehead atoms. The number of benzene rings is 3. The lowest BCUT2D eigenvalue weighted by Gasteiger charge is -2.11. The van der Waals surface area contributed by atoms with Gasteiger partial charge < -0.3 is 5.32 Å². The minimum atomic E-state index is -0.505. The predicted octanol–water partition coefficient (Wildman–Crippen LogP) is 5.16. The highest BCUT2D eigenvalue weighted by Crippen LogP contribution is 2.29. The molecule has 1 aromatic heterocycles. The monoisotopic (exact) mass is 481 g/mol. The fourth-order valence-electron chi connectivity index (χ4n) is 3.19. The number of nitrogens with zero attached hydrogens (tertiary/aromatic N) is 4. The summed E-state index contributed by atoms with van der Waals surface area (Å²) in [7, 11) is 0. The van der Waals surface area contributed by atoms with E-state index in [2.05, 4.69) is 15.5 Å². The number of halogens is 2. The van der Waals surface area contributed by atoms with E-state index in [0.717, 1.165) is 11.8 Å². The molecule has 3 aromatic carbocycles. The molecular weight excluding hydrogens is 464 g/mol. The van der Waals surface area contributed by atoms with E-state index >= 15 is 0 Å². The molecule has 11 heteroatoms. The summed E-state index contributed by atoms with van der Waals surface area (Å²) in [6, 6.07) is 15.6. The van der Waals surface area contributed by atoms with E-state index in [-0.39, 0.29) is 17.3 Å². The van der Waals surface area contributed by atoms with Crippen molar-refractivity contribution in [2.75, 3.05) is 11.1 Å². The highest BCUT2D eigenvalue weighted by molar-refractivity contribution is 7.99. The normalized spacial score (nSPS) is 10.8. The van der Waals surface area contributed by atoms with Crippen LogP contribution in [0.15, 0.2) is 71.9 Å². The lowest BCUT2D eigenvalue weighted by atomic mass is 10.2. The quantitative estimate of drug-likeness (QED) is 0.222. The highest BCUT2D eigenvalue weighted by Gasteiger charge is 2.18. The van der Waals surface area contributed by atoms with Crippen LogP contribution in [0.3, 0.4) is 0 Å². The van der Waals surface area contributed by atoms with Crippen LogP contribution in [0.25, 0.3) is 17.1 Å². The largest absolute Gasteiger partial charge is 0.325 e. The number of hydrogen-bond acceptors (Lipinski definition) is 6. The highest BCUT2D eigenvalue weighted by atomic mass is 32.2. The number of non-ortho nitro benzene ring substituents is 1. The van der Waals surface area contributed by atoms with Crippen molar-refractivity contribution in [1.29, 1.82) is 0 Å². The third-order valence-corrected chi connectivity index (χ3v) is 5.78. The van der Waals surface area contributed by atoms with Gasteiger partial charge in [0.2, 0.25) is 5.91 Å². The standard InChI is InChI=1S/C23H17F2N5O3S/c1-14-12-19(30(32)33)10-11-20(14)26-21(31)13-34-23-28-27-22(15-2-4-16(24)5-3-15)29(23)18-8-6-17(25)7-9-18/h2-12H,13H2,1H3,(H,26,31). The van der Waals surface area contributed by atoms with Crippen LogP contribution < -0.4 is 5.32 Å². The maximum atomic E-state index is 13.5. The van der Waals surface area contributed by atoms with Gasteiger partial charge in [-0.1, -0.05) is 11.8 Å². The molecule has 0 radical (unpaired) electrons. The molecule has 4 rings (SSSR count). The zero-order valence-corrected chi connectivity index (χ0v) is 18.6. The van der Waals surface area contributed by atoms with Crippen molar-refractivity contribution in [1.82, 2.24) is 14.8 Å². The van der Waals surface area contributed by atoms with Crippen LogP contribution in [-0.2, 0) is 4.79 Å². The second-order valence-corrected chi connectivity index (χ2v) is 8.16. The van der Waals surface area contributed by atoms with Crippen LogP contribution in [0, 0.1) is 28.7 Å². The van der Waals surface area contributed by atoms with Crippen molar-refractivity contribution in [3.05, 3.63) is 94.0 Å². The van der Waals surface area contributed by atoms with Crippen molar-refractivity contribution in [3.8, 4) is 17.1 Å². The summed E-state index contributed by atoms with van der Waals surface area (Å²) in [6.07, 6.45) is 0. The van der Waals surface area contributed by atoms with Gasteiger partial charge >= 0.3 is 0 Å². The number of nitro benzene ring substituents is 1. The number of carbonyl (C=O) groups excluding carboxylic acids is 1. The number of nitro groups is 1. The Morgan fingerprint density at radius 3 is 2.29 bits per heavy atom. The average Bonchev–Trinajstić information content (AvgIpc) is 3.24. The Hall–Kier alpha value is -4.12. The summed E-state index contributed by atoms with van der Waals surface area (Å²) >= 11 is 1.11. The number of aromatic nitrogens is 3. The summed E-state index contributed by atoms with van der Waals surface area (Å²) in [5.74, 6) is -0.782. The van der Waals surface area contributed by atoms with E-state index in [0.29, 0.717) is 33.5 Å². The zero-order valence-electron chi connectivity index (χ0n) is 17.7. The second kappa shape index (κ2) is 9.79. The summed E-state index contributed by atoms with van der Waals surface area (Å²) in [6.45, 7) is 1.66. The number of hydrogen-bond donors (Lipinski definition) is 1. The minimum absolute atomic E-state index is 0.0286. The van der Waals surface area contributed by atoms with Gasteiger partial charge in [-0.15, -0.1) is 10.2 Å². The van der Waals surface area contributed by atoms with E-state index in [1.807, 2.05) is 0 Å². The third-order valence-electron chi connectivity index (χ3n) is 4.85. The van der Waals surface area contributed by atoms with Crippen LogP contribution in [0.4, 0.5) is 20.2 Å². The van der Waals surface area contributed by atoms with Crippen molar-refractivity contribution >= 4 is 29.0 Å². The maximum absolute atomic E-state index is 13.5. The minimum Gasteiger partial charge on any atom is -0.325 e. The summed E-state index contributed by atoms with van der Waals surface area (Å²) in [5.41, 5.74) is 2.12. The van der Waals surface area contributed by atoms with Gasteiger partial charge in [0.25, 0.3) is 5.69 Å². The van der Waals surface area contributed by atoms with Gasteiger partial charge in [-0.05, 0) is 67.1 Å². The Kier molecular flexibility index (Phi) is 6.64. The van der Waals surface area contributed by atoms with Crippen molar-refractivity contribution < 1.29 is 18.5 Å². The summed E-state index contributed by atoms with van der Waals surface area (Å²) < 4.78 is 28.5. The van der Waals surface area contributed by atoms with Crippen LogP contribution in [-0.4, -0.2) is 31.3 Å². The molecule has 0 aliphatic heterocycles. The Morgan fingerprint density at radius 2 is 1.68 bits per heavy atom. The van der Waals surface area contributed by atoms with Crippen molar-refractivity contribution in [2.45, 2.75) is 12.1 Å². The molecular formula is C23H17F2N5O3S. The van der Waals surface area contributed by atoms with Gasteiger partial charge in [0.05, 0.1) is 10.7 Å². The molecule has 0 unspecified atom stereocenters. The van der Waals surface area contributed by atoms with Crippen LogP contribution in [0.5, 0.6) is 0 Å². The molecule has 0 fully saturated rings. The Balaban J connectivity index is 1.57. The molecule has 0 spiro atoms. The Bertz CT molecular complexity index is 1360. The molecule has 0 aliphatic rings. The molecule has 0 atom stereocenters. The number of nitrogens with one attached hydrogen (secondary N) is 1. The number of aryl methyl sites for hydroxylation is 1. The average molecular weight is 481 g/mol. The van der Waals surface area contributed by atoms with E-state index in [1.165, 1.54) is 42.5 Å². The van der Waals surface area contributed by atoms with Crippen LogP contribution >= 0.6 is 11.8 Å². The molecule has 1 heterocycles. The van der Waals surface area contributed by atoms with Crippen LogP contribution in [0.1, 0.15) is 5.56 Å². The Labute approximate surface area is 196 Å². The molecule has 172 valence electrons. The van der Waals surface area contributed by atoms with Gasteiger partial charge in [0.1, 0.15) is 11.6 Å². The first-order valence-corrected chi connectivity index (χ1v) is 11.0. The number of rotatable bonds is 7. The maximum Gasteiger partial charge on any atom is 0.269 e. The molecule has 34 heavy (non-hydrogen) atoms. The fourth-order valence-corrected chi connectivity index (χ4v) is 3.94. The van der Waals surface area contributed by atoms with Gasteiger partial charge in [-0.25, -0.2) is 8.78 Å². The van der Waals surface area contributed by atoms with Gasteiger partial charge in [-0.2, -0.15) is 0 Å². The first-order valence-electron chi connectivity index (χ1n) is 9.97. The molecule has 8 nitrogen and oxygen atoms in total. The lowest BCUT2D eigenvalue weighted by Crippen LogP contribution is -2.15. The molecule has 0 aliphatic carbocycles. The molecule has 0 saturated heterocycles. The first-order chi connectivity index (χ1) is 16.3. The van der Waals surface area contributed by atoms with Gasteiger partial charge in [0.15, 0.2) is 11.0 Å². The third kappa shape index (κ3) is 5.09. The van der Waals surface area contributed by atoms with E-state index in [9.17, 15) is 23.7 Å². The Morgan fingerprint density at radius 1 is 1.03 bits per heavy atom. The lowest BCUT2D eigenvalue weighted by molar-refractivity contribution is -0.384. The number of anilines is 1. The van der Waals surface area contributed by atoms with E-state index in [4.69, 9.17) is 0 Å². The molecule has 4 aromatic rings. The van der Waals surface area contributed by atoms with E-state index < -0.39 is 16.6 Å². The molecule has 0 saturated carbocycles. The SMILES string of the molecule is Cc1cc([N+](=O)[O-])ccc1NC(=O)CSc1nnc(-c2ccc(F)cc2)n1-c1ccc(F)cc1. The van der Waals surface area contributed by atoms with Crippen LogP contribution in [0.2, 0.25) is 0 Å². The first kappa shape index (κ1) is 23.1. The fraction of sp³-hybridized carbons (Fsp3) is 0.0870. The second-order valence-electron chi connectivity index (χ2n) is 7.22.